The van der Waals surface area contributed by atoms with Crippen molar-refractivity contribution in [1.82, 2.24) is 10.2 Å². The van der Waals surface area contributed by atoms with Crippen LogP contribution in [0.15, 0.2) is 24.3 Å². The largest absolute Gasteiger partial charge is 0.487 e. The van der Waals surface area contributed by atoms with Gasteiger partial charge in [0.25, 0.3) is 0 Å². The molecule has 0 spiro atoms. The van der Waals surface area contributed by atoms with Crippen LogP contribution in [0.4, 0.5) is 0 Å². The Bertz CT molecular complexity index is 658. The fourth-order valence-corrected chi connectivity index (χ4v) is 2.39. The molecule has 1 aromatic carbocycles. The molecule has 0 saturated carbocycles. The van der Waals surface area contributed by atoms with Crippen molar-refractivity contribution >= 4 is 5.97 Å². The minimum Gasteiger partial charge on any atom is -0.487 e. The summed E-state index contributed by atoms with van der Waals surface area (Å²) in [6.45, 7) is 4.06. The summed E-state index contributed by atoms with van der Waals surface area (Å²) in [6, 6.07) is 7.38. The fourth-order valence-electron chi connectivity index (χ4n) is 2.39. The van der Waals surface area contributed by atoms with Crippen molar-refractivity contribution in [3.05, 3.63) is 35.5 Å². The number of aromatic carboxylic acids is 1. The van der Waals surface area contributed by atoms with Gasteiger partial charge in [-0.2, -0.15) is 5.10 Å². The second-order valence-electron chi connectivity index (χ2n) is 5.30. The van der Waals surface area contributed by atoms with Gasteiger partial charge in [0, 0.05) is 12.0 Å². The summed E-state index contributed by atoms with van der Waals surface area (Å²) in [5.41, 5.74) is 2.38. The third-order valence-corrected chi connectivity index (χ3v) is 3.18. The fraction of sp³-hybridized carbons (Fsp3) is 0.286. The van der Waals surface area contributed by atoms with Gasteiger partial charge in [-0.1, -0.05) is 12.1 Å². The number of nitrogens with one attached hydrogen (secondary N) is 1. The number of aromatic nitrogens is 2. The Labute approximate surface area is 110 Å². The Hall–Kier alpha value is -2.30. The van der Waals surface area contributed by atoms with Crippen molar-refractivity contribution < 1.29 is 14.6 Å². The lowest BCUT2D eigenvalue weighted by atomic mass is 10.00. The molecule has 19 heavy (non-hydrogen) atoms. The zero-order valence-electron chi connectivity index (χ0n) is 10.7. The van der Waals surface area contributed by atoms with Crippen LogP contribution in [0.25, 0.3) is 11.3 Å². The molecule has 5 heteroatoms. The Kier molecular flexibility index (Phi) is 2.38. The number of rotatable bonds is 2. The predicted molar refractivity (Wildman–Crippen MR) is 69.4 cm³/mol. The van der Waals surface area contributed by atoms with E-state index in [0.717, 1.165) is 23.3 Å². The zero-order chi connectivity index (χ0) is 13.6. The van der Waals surface area contributed by atoms with Crippen LogP contribution in [0.3, 0.4) is 0 Å². The number of hydrogen-bond acceptors (Lipinski definition) is 3. The predicted octanol–water partition coefficient (Wildman–Crippen LogP) is 2.49. The smallest absolute Gasteiger partial charge is 0.353 e. The molecule has 2 heterocycles. The molecule has 0 saturated heterocycles. The lowest BCUT2D eigenvalue weighted by Crippen LogP contribution is -2.24. The number of benzene rings is 1. The lowest BCUT2D eigenvalue weighted by molar-refractivity contribution is 0.0690. The Morgan fingerprint density at radius 1 is 1.47 bits per heavy atom. The van der Waals surface area contributed by atoms with Crippen molar-refractivity contribution in [3.63, 3.8) is 0 Å². The van der Waals surface area contributed by atoms with Crippen LogP contribution in [0.5, 0.6) is 5.75 Å². The highest BCUT2D eigenvalue weighted by molar-refractivity contribution is 5.87. The second kappa shape index (κ2) is 3.85. The van der Waals surface area contributed by atoms with Crippen LogP contribution in [0.2, 0.25) is 0 Å². The summed E-state index contributed by atoms with van der Waals surface area (Å²) in [6.07, 6.45) is 0.840. The molecule has 98 valence electrons. The topological polar surface area (TPSA) is 75.2 Å². The van der Waals surface area contributed by atoms with E-state index in [9.17, 15) is 4.79 Å². The number of para-hydroxylation sites is 1. The minimum absolute atomic E-state index is 0.0739. The molecule has 5 nitrogen and oxygen atoms in total. The maximum Gasteiger partial charge on any atom is 0.353 e. The standard InChI is InChI=1S/C14H14N2O3/c1-14(2)7-8-4-3-5-9(12(8)19-14)10-6-11(13(17)18)16-15-10/h3-6H,7H2,1-2H3,(H,15,16)(H,17,18). The van der Waals surface area contributed by atoms with Gasteiger partial charge in [0.1, 0.15) is 17.0 Å². The minimum atomic E-state index is -1.02. The van der Waals surface area contributed by atoms with E-state index in [2.05, 4.69) is 10.2 Å². The van der Waals surface area contributed by atoms with Crippen LogP contribution in [-0.4, -0.2) is 26.9 Å². The van der Waals surface area contributed by atoms with Crippen molar-refractivity contribution in [1.29, 1.82) is 0 Å². The molecule has 2 aromatic rings. The number of carbonyl (C=O) groups is 1. The molecule has 3 rings (SSSR count). The van der Waals surface area contributed by atoms with E-state index < -0.39 is 5.97 Å². The molecule has 0 atom stereocenters. The first-order valence-electron chi connectivity index (χ1n) is 6.06. The van der Waals surface area contributed by atoms with Crippen molar-refractivity contribution in [2.45, 2.75) is 25.9 Å². The number of carboxylic acids is 1. The number of H-pyrrole nitrogens is 1. The van der Waals surface area contributed by atoms with E-state index in [4.69, 9.17) is 9.84 Å². The number of aromatic amines is 1. The van der Waals surface area contributed by atoms with Gasteiger partial charge in [0.2, 0.25) is 0 Å². The average Bonchev–Trinajstić information content (AvgIpc) is 2.90. The third kappa shape index (κ3) is 1.97. The molecular formula is C14H14N2O3. The molecule has 0 radical (unpaired) electrons. The van der Waals surface area contributed by atoms with E-state index in [1.54, 1.807) is 0 Å². The summed E-state index contributed by atoms with van der Waals surface area (Å²) >= 11 is 0. The highest BCUT2D eigenvalue weighted by Gasteiger charge is 2.32. The van der Waals surface area contributed by atoms with Crippen LogP contribution in [0.1, 0.15) is 29.9 Å². The van der Waals surface area contributed by atoms with E-state index >= 15 is 0 Å². The molecule has 1 aliphatic heterocycles. The molecule has 0 aliphatic carbocycles. The van der Waals surface area contributed by atoms with Crippen molar-refractivity contribution in [3.8, 4) is 17.0 Å². The first-order valence-corrected chi connectivity index (χ1v) is 6.06. The lowest BCUT2D eigenvalue weighted by Gasteiger charge is -2.17. The Morgan fingerprint density at radius 3 is 2.95 bits per heavy atom. The molecule has 0 unspecified atom stereocenters. The van der Waals surface area contributed by atoms with Crippen LogP contribution in [-0.2, 0) is 6.42 Å². The van der Waals surface area contributed by atoms with Gasteiger partial charge in [-0.05, 0) is 31.5 Å². The first-order chi connectivity index (χ1) is 8.96. The summed E-state index contributed by atoms with van der Waals surface area (Å²) in [5, 5.41) is 15.5. The Balaban J connectivity index is 2.07. The second-order valence-corrected chi connectivity index (χ2v) is 5.30. The summed E-state index contributed by atoms with van der Waals surface area (Å²) in [5.74, 6) is -0.219. The first kappa shape index (κ1) is 11.8. The van der Waals surface area contributed by atoms with Gasteiger partial charge in [0.05, 0.1) is 5.69 Å². The van der Waals surface area contributed by atoms with E-state index in [0.29, 0.717) is 5.69 Å². The molecule has 0 fully saturated rings. The maximum atomic E-state index is 10.9. The molecule has 1 aromatic heterocycles. The summed E-state index contributed by atoms with van der Waals surface area (Å²) in [4.78, 5) is 10.9. The molecule has 1 aliphatic rings. The van der Waals surface area contributed by atoms with Crippen molar-refractivity contribution in [2.75, 3.05) is 0 Å². The summed E-state index contributed by atoms with van der Waals surface area (Å²) < 4.78 is 5.95. The highest BCUT2D eigenvalue weighted by Crippen LogP contribution is 2.41. The number of fused-ring (bicyclic) bond motifs is 1. The van der Waals surface area contributed by atoms with Crippen LogP contribution < -0.4 is 4.74 Å². The van der Waals surface area contributed by atoms with Gasteiger partial charge in [0.15, 0.2) is 0 Å². The van der Waals surface area contributed by atoms with Crippen LogP contribution >= 0.6 is 0 Å². The molecular weight excluding hydrogens is 244 g/mol. The van der Waals surface area contributed by atoms with E-state index in [1.165, 1.54) is 6.07 Å². The maximum absolute atomic E-state index is 10.9. The van der Waals surface area contributed by atoms with E-state index in [1.807, 2.05) is 32.0 Å². The number of ether oxygens (including phenoxy) is 1. The zero-order valence-corrected chi connectivity index (χ0v) is 10.7. The number of carboxylic acid groups (broad SMARTS) is 1. The number of nitrogens with zero attached hydrogens (tertiary/aromatic N) is 1. The SMILES string of the molecule is CC1(C)Cc2cccc(-c3cc(C(=O)O)[nH]n3)c2O1. The van der Waals surface area contributed by atoms with E-state index in [-0.39, 0.29) is 11.3 Å². The Morgan fingerprint density at radius 2 is 2.26 bits per heavy atom. The van der Waals surface area contributed by atoms with Crippen LogP contribution in [0, 0.1) is 0 Å². The normalized spacial score (nSPS) is 15.9. The third-order valence-electron chi connectivity index (χ3n) is 3.18. The highest BCUT2D eigenvalue weighted by atomic mass is 16.5. The molecule has 0 bridgehead atoms. The molecule has 0 amide bonds. The number of hydrogen-bond donors (Lipinski definition) is 2. The van der Waals surface area contributed by atoms with Gasteiger partial charge >= 0.3 is 5.97 Å². The quantitative estimate of drug-likeness (QED) is 0.867. The average molecular weight is 258 g/mol. The monoisotopic (exact) mass is 258 g/mol. The van der Waals surface area contributed by atoms with Gasteiger partial charge in [-0.15, -0.1) is 0 Å². The van der Waals surface area contributed by atoms with Crippen molar-refractivity contribution in [2.24, 2.45) is 0 Å². The summed E-state index contributed by atoms with van der Waals surface area (Å²) in [7, 11) is 0. The van der Waals surface area contributed by atoms with Gasteiger partial charge in [-0.25, -0.2) is 4.79 Å². The molecule has 2 N–H and O–H groups in total. The van der Waals surface area contributed by atoms with Gasteiger partial charge in [-0.3, -0.25) is 5.10 Å². The van der Waals surface area contributed by atoms with Gasteiger partial charge < -0.3 is 9.84 Å².